The highest BCUT2D eigenvalue weighted by Crippen LogP contribution is 2.20. The maximum absolute atomic E-state index is 4.70. The molecule has 0 bridgehead atoms. The fraction of sp³-hybridized carbons (Fsp3) is 0.533. The molecule has 0 aliphatic carbocycles. The predicted molar refractivity (Wildman–Crippen MR) is 77.3 cm³/mol. The number of nitrogens with one attached hydrogen (secondary N) is 1. The predicted octanol–water partition coefficient (Wildman–Crippen LogP) is 2.19. The molecule has 1 aliphatic heterocycles. The van der Waals surface area contributed by atoms with E-state index in [2.05, 4.69) is 40.6 Å². The Balaban J connectivity index is 1.74. The lowest BCUT2D eigenvalue weighted by molar-refractivity contribution is 0.239. The zero-order valence-electron chi connectivity index (χ0n) is 12.3. The first-order valence-electron chi connectivity index (χ1n) is 7.19. The van der Waals surface area contributed by atoms with Crippen molar-refractivity contribution in [2.75, 3.05) is 6.54 Å². The van der Waals surface area contributed by atoms with E-state index in [1.54, 1.807) is 6.33 Å². The topological polar surface area (TPSA) is 57.7 Å². The molecule has 1 N–H and O–H groups in total. The average molecular weight is 271 g/mol. The third-order valence-corrected chi connectivity index (χ3v) is 3.86. The summed E-state index contributed by atoms with van der Waals surface area (Å²) in [6.45, 7) is 9.18. The molecule has 0 saturated heterocycles. The molecular formula is C15H21N5. The monoisotopic (exact) mass is 271 g/mol. The molecule has 3 heterocycles. The fourth-order valence-corrected chi connectivity index (χ4v) is 2.56. The van der Waals surface area contributed by atoms with Crippen LogP contribution in [0.4, 0.5) is 0 Å². The van der Waals surface area contributed by atoms with Gasteiger partial charge in [-0.15, -0.1) is 0 Å². The highest BCUT2D eigenvalue weighted by Gasteiger charge is 2.20. The number of rotatable bonds is 3. The highest BCUT2D eigenvalue weighted by molar-refractivity contribution is 5.21. The Morgan fingerprint density at radius 2 is 2.20 bits per heavy atom. The summed E-state index contributed by atoms with van der Waals surface area (Å²) in [6.07, 6.45) is 4.77. The largest absolute Gasteiger partial charge is 0.348 e. The molecule has 106 valence electrons. The van der Waals surface area contributed by atoms with Crippen molar-refractivity contribution in [1.82, 2.24) is 24.8 Å². The van der Waals surface area contributed by atoms with Gasteiger partial charge in [0.2, 0.25) is 0 Å². The van der Waals surface area contributed by atoms with Gasteiger partial charge in [-0.3, -0.25) is 4.90 Å². The van der Waals surface area contributed by atoms with Gasteiger partial charge in [0.05, 0.1) is 12.0 Å². The van der Waals surface area contributed by atoms with Crippen LogP contribution >= 0.6 is 0 Å². The SMILES string of the molecule is Cc1[nH]cnc1CN1CCc2nc(C(C)C)ncc2C1. The lowest BCUT2D eigenvalue weighted by atomic mass is 10.1. The van der Waals surface area contributed by atoms with E-state index in [1.807, 2.05) is 6.20 Å². The van der Waals surface area contributed by atoms with E-state index in [0.717, 1.165) is 43.3 Å². The van der Waals surface area contributed by atoms with Crippen LogP contribution in [0, 0.1) is 6.92 Å². The number of hydrogen-bond donors (Lipinski definition) is 1. The molecular weight excluding hydrogens is 250 g/mol. The summed E-state index contributed by atoms with van der Waals surface area (Å²) in [5.41, 5.74) is 4.77. The van der Waals surface area contributed by atoms with Gasteiger partial charge in [-0.05, 0) is 6.92 Å². The van der Waals surface area contributed by atoms with Crippen LogP contribution in [0.1, 0.15) is 48.2 Å². The van der Waals surface area contributed by atoms with E-state index >= 15 is 0 Å². The third kappa shape index (κ3) is 2.58. The summed E-state index contributed by atoms with van der Waals surface area (Å²) in [5, 5.41) is 0. The van der Waals surface area contributed by atoms with Crippen molar-refractivity contribution in [3.05, 3.63) is 41.0 Å². The van der Waals surface area contributed by atoms with Crippen molar-refractivity contribution in [3.8, 4) is 0 Å². The number of aromatic nitrogens is 4. The van der Waals surface area contributed by atoms with Crippen LogP contribution in [0.25, 0.3) is 0 Å². The minimum absolute atomic E-state index is 0.394. The lowest BCUT2D eigenvalue weighted by Gasteiger charge is -2.27. The Hall–Kier alpha value is -1.75. The van der Waals surface area contributed by atoms with Crippen LogP contribution in [0.3, 0.4) is 0 Å². The van der Waals surface area contributed by atoms with Gasteiger partial charge >= 0.3 is 0 Å². The second-order valence-corrected chi connectivity index (χ2v) is 5.79. The van der Waals surface area contributed by atoms with Crippen molar-refractivity contribution in [3.63, 3.8) is 0 Å². The smallest absolute Gasteiger partial charge is 0.131 e. The van der Waals surface area contributed by atoms with Gasteiger partial charge < -0.3 is 4.98 Å². The third-order valence-electron chi connectivity index (χ3n) is 3.86. The molecule has 5 nitrogen and oxygen atoms in total. The zero-order chi connectivity index (χ0) is 14.1. The van der Waals surface area contributed by atoms with Gasteiger partial charge in [0.15, 0.2) is 0 Å². The molecule has 0 unspecified atom stereocenters. The molecule has 0 amide bonds. The maximum Gasteiger partial charge on any atom is 0.131 e. The number of nitrogens with zero attached hydrogens (tertiary/aromatic N) is 4. The molecule has 1 aliphatic rings. The highest BCUT2D eigenvalue weighted by atomic mass is 15.1. The Morgan fingerprint density at radius 3 is 2.90 bits per heavy atom. The van der Waals surface area contributed by atoms with Crippen LogP contribution in [0.5, 0.6) is 0 Å². The zero-order valence-corrected chi connectivity index (χ0v) is 12.3. The molecule has 20 heavy (non-hydrogen) atoms. The van der Waals surface area contributed by atoms with Crippen LogP contribution < -0.4 is 0 Å². The number of aromatic amines is 1. The first kappa shape index (κ1) is 13.2. The average Bonchev–Trinajstić information content (AvgIpc) is 2.83. The first-order chi connectivity index (χ1) is 9.63. The fourth-order valence-electron chi connectivity index (χ4n) is 2.56. The number of imidazole rings is 1. The molecule has 0 fully saturated rings. The molecule has 0 radical (unpaired) electrons. The summed E-state index contributed by atoms with van der Waals surface area (Å²) in [6, 6.07) is 0. The number of H-pyrrole nitrogens is 1. The molecule has 5 heteroatoms. The van der Waals surface area contributed by atoms with Crippen molar-refractivity contribution in [2.24, 2.45) is 0 Å². The lowest BCUT2D eigenvalue weighted by Crippen LogP contribution is -2.31. The quantitative estimate of drug-likeness (QED) is 0.929. The summed E-state index contributed by atoms with van der Waals surface area (Å²) >= 11 is 0. The number of aryl methyl sites for hydroxylation is 1. The molecule has 2 aromatic rings. The van der Waals surface area contributed by atoms with Crippen LogP contribution in [-0.4, -0.2) is 31.4 Å². The molecule has 0 aromatic carbocycles. The first-order valence-corrected chi connectivity index (χ1v) is 7.19. The summed E-state index contributed by atoms with van der Waals surface area (Å²) in [5.74, 6) is 1.35. The van der Waals surface area contributed by atoms with Crippen molar-refractivity contribution in [1.29, 1.82) is 0 Å². The van der Waals surface area contributed by atoms with E-state index < -0.39 is 0 Å². The van der Waals surface area contributed by atoms with E-state index in [1.165, 1.54) is 11.3 Å². The van der Waals surface area contributed by atoms with E-state index in [0.29, 0.717) is 5.92 Å². The van der Waals surface area contributed by atoms with Crippen molar-refractivity contribution < 1.29 is 0 Å². The van der Waals surface area contributed by atoms with Gasteiger partial charge in [-0.2, -0.15) is 0 Å². The molecule has 0 saturated carbocycles. The minimum atomic E-state index is 0.394. The second-order valence-electron chi connectivity index (χ2n) is 5.79. The van der Waals surface area contributed by atoms with Gasteiger partial charge in [0.25, 0.3) is 0 Å². The maximum atomic E-state index is 4.70. The van der Waals surface area contributed by atoms with Crippen molar-refractivity contribution >= 4 is 0 Å². The Labute approximate surface area is 119 Å². The summed E-state index contributed by atoms with van der Waals surface area (Å²) < 4.78 is 0. The van der Waals surface area contributed by atoms with E-state index in [-0.39, 0.29) is 0 Å². The van der Waals surface area contributed by atoms with Gasteiger partial charge in [0.1, 0.15) is 5.82 Å². The van der Waals surface area contributed by atoms with Gasteiger partial charge in [0, 0.05) is 55.1 Å². The minimum Gasteiger partial charge on any atom is -0.348 e. The Kier molecular flexibility index (Phi) is 3.53. The number of hydrogen-bond acceptors (Lipinski definition) is 4. The molecule has 0 atom stereocenters. The van der Waals surface area contributed by atoms with Crippen LogP contribution in [0.15, 0.2) is 12.5 Å². The van der Waals surface area contributed by atoms with E-state index in [9.17, 15) is 0 Å². The van der Waals surface area contributed by atoms with E-state index in [4.69, 9.17) is 4.98 Å². The van der Waals surface area contributed by atoms with Crippen LogP contribution in [0.2, 0.25) is 0 Å². The van der Waals surface area contributed by atoms with Gasteiger partial charge in [-0.1, -0.05) is 13.8 Å². The molecule has 2 aromatic heterocycles. The summed E-state index contributed by atoms with van der Waals surface area (Å²) in [4.78, 5) is 19.1. The standard InChI is InChI=1S/C15H21N5/c1-10(2)15-16-6-12-7-20(5-4-13(12)19-15)8-14-11(3)17-9-18-14/h6,9-10H,4-5,7-8H2,1-3H3,(H,17,18). The second kappa shape index (κ2) is 5.32. The molecule has 3 rings (SSSR count). The van der Waals surface area contributed by atoms with Crippen molar-refractivity contribution in [2.45, 2.75) is 46.2 Å². The van der Waals surface area contributed by atoms with Crippen LogP contribution in [-0.2, 0) is 19.5 Å². The Bertz CT molecular complexity index is 602. The normalized spacial score (nSPS) is 15.6. The van der Waals surface area contributed by atoms with Gasteiger partial charge in [-0.25, -0.2) is 15.0 Å². The Morgan fingerprint density at radius 1 is 1.35 bits per heavy atom. The molecule has 0 spiro atoms. The number of fused-ring (bicyclic) bond motifs is 1. The summed E-state index contributed by atoms with van der Waals surface area (Å²) in [7, 11) is 0.